The molecule has 0 aromatic heterocycles. The van der Waals surface area contributed by atoms with Gasteiger partial charge in [0.25, 0.3) is 0 Å². The minimum Gasteiger partial charge on any atom is -0.469 e. The lowest BCUT2D eigenvalue weighted by Crippen LogP contribution is -2.16. The Bertz CT molecular complexity index is 252. The van der Waals surface area contributed by atoms with E-state index in [2.05, 4.69) is 4.74 Å². The molecule has 1 N–H and O–H groups in total. The van der Waals surface area contributed by atoms with Gasteiger partial charge in [-0.3, -0.25) is 9.59 Å². The molecule has 0 spiro atoms. The van der Waals surface area contributed by atoms with Crippen molar-refractivity contribution in [1.29, 1.82) is 0 Å². The number of hydrogen-bond donors (Lipinski definition) is 1. The number of esters is 2. The number of aliphatic hydroxyl groups excluding tert-OH is 1. The van der Waals surface area contributed by atoms with Crippen LogP contribution in [0.3, 0.4) is 0 Å². The van der Waals surface area contributed by atoms with Crippen molar-refractivity contribution in [2.45, 2.75) is 51.4 Å². The summed E-state index contributed by atoms with van der Waals surface area (Å²) in [7, 11) is 2.79. The maximum Gasteiger partial charge on any atom is 0.308 e. The van der Waals surface area contributed by atoms with Crippen molar-refractivity contribution in [1.82, 2.24) is 0 Å². The number of carbonyl (C=O) groups excluding carboxylic acids is 2. The van der Waals surface area contributed by atoms with Crippen molar-refractivity contribution < 1.29 is 24.2 Å². The molecule has 0 aliphatic rings. The van der Waals surface area contributed by atoms with E-state index in [1.165, 1.54) is 14.2 Å². The molecule has 1 atom stereocenters. The van der Waals surface area contributed by atoms with Crippen LogP contribution < -0.4 is 0 Å². The zero-order valence-corrected chi connectivity index (χ0v) is 12.0. The van der Waals surface area contributed by atoms with E-state index < -0.39 is 0 Å². The Kier molecular flexibility index (Phi) is 11.3. The summed E-state index contributed by atoms with van der Waals surface area (Å²) in [4.78, 5) is 22.4. The fraction of sp³-hybridized carbons (Fsp3) is 0.857. The molecule has 5 nitrogen and oxygen atoms in total. The third kappa shape index (κ3) is 9.47. The van der Waals surface area contributed by atoms with Crippen LogP contribution in [-0.2, 0) is 19.1 Å². The van der Waals surface area contributed by atoms with Crippen molar-refractivity contribution in [3.05, 3.63) is 0 Å². The van der Waals surface area contributed by atoms with Gasteiger partial charge >= 0.3 is 11.9 Å². The predicted octanol–water partition coefficient (Wildman–Crippen LogP) is 2.06. The highest BCUT2D eigenvalue weighted by Gasteiger charge is 2.17. The average molecular weight is 274 g/mol. The zero-order valence-electron chi connectivity index (χ0n) is 12.0. The lowest BCUT2D eigenvalue weighted by molar-refractivity contribution is -0.146. The summed E-state index contributed by atoms with van der Waals surface area (Å²) >= 11 is 0. The summed E-state index contributed by atoms with van der Waals surface area (Å²) in [5, 5.41) is 8.79. The van der Waals surface area contributed by atoms with Crippen LogP contribution >= 0.6 is 0 Å². The molecule has 0 saturated heterocycles. The van der Waals surface area contributed by atoms with Crippen LogP contribution in [0, 0.1) is 5.92 Å². The van der Waals surface area contributed by atoms with Gasteiger partial charge in [0.1, 0.15) is 0 Å². The molecule has 0 fully saturated rings. The summed E-state index contributed by atoms with van der Waals surface area (Å²) in [5.74, 6) is -0.476. The summed E-state index contributed by atoms with van der Waals surface area (Å²) in [6.45, 7) is 0.104. The molecule has 0 aliphatic heterocycles. The van der Waals surface area contributed by atoms with E-state index in [-0.39, 0.29) is 24.5 Å². The van der Waals surface area contributed by atoms with Crippen molar-refractivity contribution in [3.8, 4) is 0 Å². The van der Waals surface area contributed by atoms with Gasteiger partial charge in [-0.05, 0) is 25.7 Å². The highest BCUT2D eigenvalue weighted by molar-refractivity contribution is 5.72. The van der Waals surface area contributed by atoms with Gasteiger partial charge in [0.05, 0.1) is 20.1 Å². The smallest absolute Gasteiger partial charge is 0.308 e. The Hall–Kier alpha value is -1.10. The first-order valence-corrected chi connectivity index (χ1v) is 6.91. The number of ether oxygens (including phenoxy) is 2. The largest absolute Gasteiger partial charge is 0.469 e. The van der Waals surface area contributed by atoms with Gasteiger partial charge in [0, 0.05) is 13.0 Å². The molecular formula is C14H26O5. The Balaban J connectivity index is 3.68. The van der Waals surface area contributed by atoms with Gasteiger partial charge in [-0.15, -0.1) is 0 Å². The molecule has 0 bridgehead atoms. The molecule has 0 saturated carbocycles. The van der Waals surface area contributed by atoms with E-state index in [1.807, 2.05) is 0 Å². The number of rotatable bonds is 11. The molecule has 0 heterocycles. The van der Waals surface area contributed by atoms with Crippen molar-refractivity contribution in [2.24, 2.45) is 5.92 Å². The summed E-state index contributed by atoms with van der Waals surface area (Å²) in [6.07, 6.45) is 6.25. The fourth-order valence-corrected chi connectivity index (χ4v) is 2.00. The highest BCUT2D eigenvalue weighted by Crippen LogP contribution is 2.18. The first-order chi connectivity index (χ1) is 9.15. The van der Waals surface area contributed by atoms with E-state index >= 15 is 0 Å². The van der Waals surface area contributed by atoms with Gasteiger partial charge in [-0.1, -0.05) is 19.3 Å². The molecule has 0 aromatic carbocycles. The van der Waals surface area contributed by atoms with Crippen LogP contribution in [0.4, 0.5) is 0 Å². The molecule has 19 heavy (non-hydrogen) atoms. The van der Waals surface area contributed by atoms with Crippen molar-refractivity contribution in [2.75, 3.05) is 20.8 Å². The van der Waals surface area contributed by atoms with Crippen LogP contribution in [0.25, 0.3) is 0 Å². The predicted molar refractivity (Wildman–Crippen MR) is 71.5 cm³/mol. The topological polar surface area (TPSA) is 72.8 Å². The molecule has 0 radical (unpaired) electrons. The standard InChI is InChI=1S/C14H26O5/c1-18-13(16)10-6-4-3-5-8-12(9-7-11-15)14(17)19-2/h12,15H,3-11H2,1-2H3/t12-/m1/s1. The van der Waals surface area contributed by atoms with Gasteiger partial charge in [-0.25, -0.2) is 0 Å². The van der Waals surface area contributed by atoms with Gasteiger partial charge in [0.15, 0.2) is 0 Å². The van der Waals surface area contributed by atoms with E-state index in [1.54, 1.807) is 0 Å². The van der Waals surface area contributed by atoms with E-state index in [9.17, 15) is 9.59 Å². The summed E-state index contributed by atoms with van der Waals surface area (Å²) < 4.78 is 9.31. The van der Waals surface area contributed by atoms with Crippen LogP contribution in [-0.4, -0.2) is 37.9 Å². The SMILES string of the molecule is COC(=O)CCCCCC[C@H](CCCO)C(=O)OC. The van der Waals surface area contributed by atoms with Crippen molar-refractivity contribution >= 4 is 11.9 Å². The van der Waals surface area contributed by atoms with E-state index in [0.717, 1.165) is 32.1 Å². The number of unbranched alkanes of at least 4 members (excludes halogenated alkanes) is 3. The first kappa shape index (κ1) is 17.9. The lowest BCUT2D eigenvalue weighted by Gasteiger charge is -2.13. The summed E-state index contributed by atoms with van der Waals surface area (Å²) in [5.41, 5.74) is 0. The van der Waals surface area contributed by atoms with Crippen LogP contribution in [0.15, 0.2) is 0 Å². The third-order valence-corrected chi connectivity index (χ3v) is 3.16. The Morgan fingerprint density at radius 3 is 2.16 bits per heavy atom. The molecule has 0 rings (SSSR count). The Labute approximate surface area is 115 Å². The van der Waals surface area contributed by atoms with Crippen LogP contribution in [0.2, 0.25) is 0 Å². The number of methoxy groups -OCH3 is 2. The third-order valence-electron chi connectivity index (χ3n) is 3.16. The second kappa shape index (κ2) is 12.0. The lowest BCUT2D eigenvalue weighted by atomic mass is 9.96. The number of carbonyl (C=O) groups is 2. The zero-order chi connectivity index (χ0) is 14.5. The first-order valence-electron chi connectivity index (χ1n) is 6.91. The minimum atomic E-state index is -0.192. The highest BCUT2D eigenvalue weighted by atomic mass is 16.5. The molecule has 0 aliphatic carbocycles. The second-order valence-corrected chi connectivity index (χ2v) is 4.61. The maximum absolute atomic E-state index is 11.5. The quantitative estimate of drug-likeness (QED) is 0.461. The van der Waals surface area contributed by atoms with Crippen LogP contribution in [0.5, 0.6) is 0 Å². The minimum absolute atomic E-state index is 0.104. The molecule has 5 heteroatoms. The monoisotopic (exact) mass is 274 g/mol. The maximum atomic E-state index is 11.5. The average Bonchev–Trinajstić information content (AvgIpc) is 2.44. The molecule has 112 valence electrons. The van der Waals surface area contributed by atoms with Crippen LogP contribution in [0.1, 0.15) is 51.4 Å². The molecule has 0 aromatic rings. The molecular weight excluding hydrogens is 248 g/mol. The number of aliphatic hydroxyl groups is 1. The normalized spacial score (nSPS) is 11.9. The Morgan fingerprint density at radius 1 is 0.947 bits per heavy atom. The van der Waals surface area contributed by atoms with E-state index in [4.69, 9.17) is 9.84 Å². The summed E-state index contributed by atoms with van der Waals surface area (Å²) in [6, 6.07) is 0. The number of hydrogen-bond acceptors (Lipinski definition) is 5. The Morgan fingerprint density at radius 2 is 1.58 bits per heavy atom. The molecule has 0 unspecified atom stereocenters. The fourth-order valence-electron chi connectivity index (χ4n) is 2.00. The van der Waals surface area contributed by atoms with Crippen molar-refractivity contribution in [3.63, 3.8) is 0 Å². The van der Waals surface area contributed by atoms with E-state index in [0.29, 0.717) is 19.3 Å². The van der Waals surface area contributed by atoms with Gasteiger partial charge < -0.3 is 14.6 Å². The van der Waals surface area contributed by atoms with Gasteiger partial charge in [0.2, 0.25) is 0 Å². The molecule has 0 amide bonds. The van der Waals surface area contributed by atoms with Gasteiger partial charge in [-0.2, -0.15) is 0 Å². The second-order valence-electron chi connectivity index (χ2n) is 4.61.